The molecule has 0 fully saturated rings. The lowest BCUT2D eigenvalue weighted by molar-refractivity contribution is 0.00127. The number of carbonyl (C=O) groups excluding carboxylic acids is 1. The fourth-order valence-electron chi connectivity index (χ4n) is 2.87. The Morgan fingerprint density at radius 2 is 1.64 bits per heavy atom. The topological polar surface area (TPSA) is 49.8 Å². The average Bonchev–Trinajstić information content (AvgIpc) is 2.58. The number of para-hydroxylation sites is 1. The van der Waals surface area contributed by atoms with Crippen molar-refractivity contribution in [3.63, 3.8) is 0 Å². The van der Waals surface area contributed by atoms with Crippen molar-refractivity contribution in [2.24, 2.45) is 0 Å². The molecule has 4 heteroatoms. The number of esters is 1. The lowest BCUT2D eigenvalue weighted by Gasteiger charge is -2.31. The number of benzene rings is 3. The number of rotatable bonds is 2. The van der Waals surface area contributed by atoms with Gasteiger partial charge in [-0.25, -0.2) is 9.86 Å². The molecule has 0 aromatic heterocycles. The van der Waals surface area contributed by atoms with Crippen molar-refractivity contribution in [3.8, 4) is 0 Å². The van der Waals surface area contributed by atoms with Crippen LogP contribution in [0.1, 0.15) is 22.1 Å². The van der Waals surface area contributed by atoms with Crippen LogP contribution in [0.3, 0.4) is 0 Å². The highest BCUT2D eigenvalue weighted by Crippen LogP contribution is 2.37. The molecule has 0 radical (unpaired) electrons. The minimum Gasteiger partial charge on any atom is -0.431 e. The number of hydrogen-bond acceptors (Lipinski definition) is 4. The Morgan fingerprint density at radius 3 is 2.41 bits per heavy atom. The van der Waals surface area contributed by atoms with Crippen LogP contribution < -0.4 is 5.06 Å². The third-order valence-corrected chi connectivity index (χ3v) is 3.88. The maximum Gasteiger partial charge on any atom is 0.341 e. The highest BCUT2D eigenvalue weighted by Gasteiger charge is 2.32. The van der Waals surface area contributed by atoms with Gasteiger partial charge in [0.25, 0.3) is 0 Å². The van der Waals surface area contributed by atoms with Crippen LogP contribution in [0.2, 0.25) is 0 Å². The van der Waals surface area contributed by atoms with E-state index in [4.69, 9.17) is 4.74 Å². The fraction of sp³-hybridized carbons (Fsp3) is 0.0556. The Hall–Kier alpha value is -2.85. The van der Waals surface area contributed by atoms with E-state index in [0.717, 1.165) is 21.4 Å². The molecule has 4 rings (SSSR count). The van der Waals surface area contributed by atoms with E-state index in [-0.39, 0.29) is 0 Å². The van der Waals surface area contributed by atoms with Gasteiger partial charge in [0.05, 0.1) is 11.3 Å². The van der Waals surface area contributed by atoms with Crippen LogP contribution in [-0.2, 0) is 4.74 Å². The first-order valence-electron chi connectivity index (χ1n) is 7.01. The van der Waals surface area contributed by atoms with E-state index in [1.807, 2.05) is 48.5 Å². The first kappa shape index (κ1) is 12.9. The smallest absolute Gasteiger partial charge is 0.341 e. The van der Waals surface area contributed by atoms with Gasteiger partial charge in [0, 0.05) is 10.9 Å². The number of ether oxygens (including phenoxy) is 1. The molecule has 1 atom stereocenters. The lowest BCUT2D eigenvalue weighted by Crippen LogP contribution is -2.32. The van der Waals surface area contributed by atoms with Crippen molar-refractivity contribution >= 4 is 22.4 Å². The van der Waals surface area contributed by atoms with E-state index in [2.05, 4.69) is 0 Å². The van der Waals surface area contributed by atoms with Gasteiger partial charge in [-0.3, -0.25) is 5.21 Å². The van der Waals surface area contributed by atoms with Crippen LogP contribution in [0.15, 0.2) is 66.7 Å². The predicted octanol–water partition coefficient (Wildman–Crippen LogP) is 3.90. The molecule has 0 unspecified atom stereocenters. The van der Waals surface area contributed by atoms with E-state index >= 15 is 0 Å². The third-order valence-electron chi connectivity index (χ3n) is 3.88. The number of anilines is 1. The van der Waals surface area contributed by atoms with Crippen molar-refractivity contribution in [1.82, 2.24) is 0 Å². The Kier molecular flexibility index (Phi) is 2.84. The summed E-state index contributed by atoms with van der Waals surface area (Å²) in [6.45, 7) is 0. The van der Waals surface area contributed by atoms with Crippen LogP contribution >= 0.6 is 0 Å². The van der Waals surface area contributed by atoms with Gasteiger partial charge in [-0.05, 0) is 23.6 Å². The Labute approximate surface area is 127 Å². The van der Waals surface area contributed by atoms with Crippen molar-refractivity contribution < 1.29 is 14.7 Å². The maximum absolute atomic E-state index is 12.3. The number of cyclic esters (lactones) is 1. The second-order valence-corrected chi connectivity index (χ2v) is 5.19. The third kappa shape index (κ3) is 1.85. The molecule has 0 amide bonds. The van der Waals surface area contributed by atoms with Crippen LogP contribution in [-0.4, -0.2) is 11.2 Å². The maximum atomic E-state index is 12.3. The zero-order valence-corrected chi connectivity index (χ0v) is 11.6. The molecule has 0 spiro atoms. The summed E-state index contributed by atoms with van der Waals surface area (Å²) in [6.07, 6.45) is -0.853. The Balaban J connectivity index is 1.90. The lowest BCUT2D eigenvalue weighted by atomic mass is 9.96. The first-order valence-corrected chi connectivity index (χ1v) is 7.01. The normalized spacial score (nSPS) is 16.4. The summed E-state index contributed by atoms with van der Waals surface area (Å²) in [5, 5.41) is 13.3. The van der Waals surface area contributed by atoms with Crippen LogP contribution in [0, 0.1) is 0 Å². The first-order chi connectivity index (χ1) is 10.8. The summed E-state index contributed by atoms with van der Waals surface area (Å²) in [4.78, 5) is 12.3. The van der Waals surface area contributed by atoms with Crippen molar-refractivity contribution in [2.75, 3.05) is 5.06 Å². The quantitative estimate of drug-likeness (QED) is 0.574. The average molecular weight is 291 g/mol. The molecule has 22 heavy (non-hydrogen) atoms. The van der Waals surface area contributed by atoms with Gasteiger partial charge < -0.3 is 4.74 Å². The standard InChI is InChI=1S/C18H13NO3/c20-18-15-11-5-7-12-6-4-10-14(16(12)15)17(22-18)19(21)13-8-2-1-3-9-13/h1-11,17,21H/t17-/m1/s1. The van der Waals surface area contributed by atoms with Crippen molar-refractivity contribution in [1.29, 1.82) is 0 Å². The second kappa shape index (κ2) is 4.86. The van der Waals surface area contributed by atoms with Gasteiger partial charge in [0.15, 0.2) is 0 Å². The van der Waals surface area contributed by atoms with E-state index in [1.165, 1.54) is 0 Å². The van der Waals surface area contributed by atoms with Gasteiger partial charge in [0.2, 0.25) is 6.23 Å². The Bertz CT molecular complexity index is 855. The molecular weight excluding hydrogens is 278 g/mol. The summed E-state index contributed by atoms with van der Waals surface area (Å²) in [7, 11) is 0. The van der Waals surface area contributed by atoms with Gasteiger partial charge in [-0.1, -0.05) is 48.5 Å². The second-order valence-electron chi connectivity index (χ2n) is 5.19. The summed E-state index contributed by atoms with van der Waals surface area (Å²) >= 11 is 0. The molecule has 108 valence electrons. The molecule has 0 bridgehead atoms. The molecule has 0 aliphatic carbocycles. The van der Waals surface area contributed by atoms with E-state index < -0.39 is 12.2 Å². The molecule has 1 aliphatic heterocycles. The van der Waals surface area contributed by atoms with Crippen LogP contribution in [0.25, 0.3) is 10.8 Å². The number of hydrogen-bond donors (Lipinski definition) is 1. The SMILES string of the molecule is O=C1O[C@@H](N(O)c2ccccc2)c2cccc3cccc1c23. The number of carbonyl (C=O) groups is 1. The summed E-state index contributed by atoms with van der Waals surface area (Å²) < 4.78 is 5.46. The summed E-state index contributed by atoms with van der Waals surface area (Å²) in [5.74, 6) is -0.427. The van der Waals surface area contributed by atoms with Gasteiger partial charge in [-0.2, -0.15) is 0 Å². The highest BCUT2D eigenvalue weighted by atomic mass is 16.6. The van der Waals surface area contributed by atoms with Gasteiger partial charge in [0.1, 0.15) is 0 Å². The van der Waals surface area contributed by atoms with Crippen LogP contribution in [0.4, 0.5) is 5.69 Å². The van der Waals surface area contributed by atoms with E-state index in [9.17, 15) is 10.0 Å². The minimum atomic E-state index is -0.853. The summed E-state index contributed by atoms with van der Waals surface area (Å²) in [5.41, 5.74) is 1.88. The molecule has 3 aromatic carbocycles. The zero-order chi connectivity index (χ0) is 15.1. The fourth-order valence-corrected chi connectivity index (χ4v) is 2.87. The van der Waals surface area contributed by atoms with Crippen molar-refractivity contribution in [2.45, 2.75) is 6.23 Å². The molecule has 0 saturated heterocycles. The van der Waals surface area contributed by atoms with Gasteiger partial charge >= 0.3 is 5.97 Å². The molecule has 1 heterocycles. The predicted molar refractivity (Wildman–Crippen MR) is 82.8 cm³/mol. The zero-order valence-electron chi connectivity index (χ0n) is 11.6. The number of nitrogens with zero attached hydrogens (tertiary/aromatic N) is 1. The van der Waals surface area contributed by atoms with Gasteiger partial charge in [-0.15, -0.1) is 0 Å². The molecule has 4 nitrogen and oxygen atoms in total. The molecule has 1 aliphatic rings. The monoisotopic (exact) mass is 291 g/mol. The van der Waals surface area contributed by atoms with E-state index in [0.29, 0.717) is 11.3 Å². The molecule has 0 saturated carbocycles. The summed E-state index contributed by atoms with van der Waals surface area (Å²) in [6, 6.07) is 20.2. The largest absolute Gasteiger partial charge is 0.431 e. The minimum absolute atomic E-state index is 0.427. The molecule has 3 aromatic rings. The van der Waals surface area contributed by atoms with E-state index in [1.54, 1.807) is 18.2 Å². The number of hydroxylamine groups is 1. The highest BCUT2D eigenvalue weighted by molar-refractivity contribution is 6.07. The Morgan fingerprint density at radius 1 is 0.909 bits per heavy atom. The molecular formula is C18H13NO3. The molecule has 1 N–H and O–H groups in total. The van der Waals surface area contributed by atoms with Crippen molar-refractivity contribution in [3.05, 3.63) is 77.9 Å². The van der Waals surface area contributed by atoms with Crippen LogP contribution in [0.5, 0.6) is 0 Å².